The average Bonchev–Trinajstić information content (AvgIpc) is 3.60. The fourth-order valence-electron chi connectivity index (χ4n) is 5.19. The first-order valence-electron chi connectivity index (χ1n) is 14.8. The van der Waals surface area contributed by atoms with Gasteiger partial charge in [0.1, 0.15) is 16.6 Å². The second kappa shape index (κ2) is 13.2. The van der Waals surface area contributed by atoms with Gasteiger partial charge in [-0.2, -0.15) is 5.10 Å². The van der Waals surface area contributed by atoms with E-state index in [0.29, 0.717) is 32.5 Å². The molecule has 3 aromatic heterocycles. The molecule has 220 valence electrons. The molecule has 0 radical (unpaired) electrons. The van der Waals surface area contributed by atoms with E-state index in [0.717, 1.165) is 63.9 Å². The molecule has 8 heteroatoms. The lowest BCUT2D eigenvalue weighted by molar-refractivity contribution is -0.125. The number of ketones is 2. The zero-order chi connectivity index (χ0) is 29.7. The van der Waals surface area contributed by atoms with Gasteiger partial charge in [0.15, 0.2) is 0 Å². The van der Waals surface area contributed by atoms with Crippen LogP contribution in [0.2, 0.25) is 0 Å². The van der Waals surface area contributed by atoms with Crippen LogP contribution in [0.25, 0.3) is 5.69 Å². The van der Waals surface area contributed by atoms with E-state index in [-0.39, 0.29) is 22.9 Å². The summed E-state index contributed by atoms with van der Waals surface area (Å²) in [4.78, 5) is 36.0. The Hall–Kier alpha value is -3.49. The number of Topliss-reactive ketones (excluding diaryl/α,β-unsaturated/α-hetero) is 2. The summed E-state index contributed by atoms with van der Waals surface area (Å²) in [7, 11) is 0. The highest BCUT2D eigenvalue weighted by Gasteiger charge is 2.23. The van der Waals surface area contributed by atoms with E-state index in [1.165, 1.54) is 5.56 Å². The van der Waals surface area contributed by atoms with Crippen LogP contribution in [0.4, 0.5) is 0 Å². The van der Waals surface area contributed by atoms with Gasteiger partial charge in [0.2, 0.25) is 0 Å². The number of benzene rings is 1. The van der Waals surface area contributed by atoms with Crippen LogP contribution in [-0.4, -0.2) is 44.5 Å². The molecule has 5 rings (SSSR count). The van der Waals surface area contributed by atoms with Crippen molar-refractivity contribution in [3.05, 3.63) is 93.0 Å². The van der Waals surface area contributed by atoms with Gasteiger partial charge in [-0.05, 0) is 68.5 Å². The van der Waals surface area contributed by atoms with Crippen LogP contribution in [-0.2, 0) is 51.8 Å². The summed E-state index contributed by atoms with van der Waals surface area (Å²) >= 11 is 1.60. The van der Waals surface area contributed by atoms with Crippen molar-refractivity contribution in [3.8, 4) is 5.69 Å². The fourth-order valence-corrected chi connectivity index (χ4v) is 6.14. The molecule has 1 aromatic carbocycles. The minimum absolute atomic E-state index is 0.0891. The number of nitrogens with zero attached hydrogens (tertiary/aromatic N) is 4. The molecule has 4 aromatic rings. The van der Waals surface area contributed by atoms with Gasteiger partial charge < -0.3 is 4.74 Å². The van der Waals surface area contributed by atoms with Gasteiger partial charge in [0.05, 0.1) is 23.5 Å². The second-order valence-corrected chi connectivity index (χ2v) is 13.5. The molecule has 1 aliphatic heterocycles. The van der Waals surface area contributed by atoms with E-state index in [9.17, 15) is 9.59 Å². The molecule has 0 N–H and O–H groups in total. The summed E-state index contributed by atoms with van der Waals surface area (Å²) < 4.78 is 7.29. The molecule has 0 bridgehead atoms. The molecule has 0 saturated carbocycles. The quantitative estimate of drug-likeness (QED) is 0.215. The van der Waals surface area contributed by atoms with Crippen molar-refractivity contribution in [2.45, 2.75) is 78.1 Å². The van der Waals surface area contributed by atoms with E-state index in [4.69, 9.17) is 9.84 Å². The molecule has 42 heavy (non-hydrogen) atoms. The molecule has 1 fully saturated rings. The number of carbonyl (C=O) groups excluding carboxylic acids is 2. The lowest BCUT2D eigenvalue weighted by Gasteiger charge is -2.20. The maximum absolute atomic E-state index is 13.2. The number of thiazole rings is 1. The van der Waals surface area contributed by atoms with Crippen LogP contribution < -0.4 is 0 Å². The Balaban J connectivity index is 1.18. The van der Waals surface area contributed by atoms with Gasteiger partial charge in [-0.15, -0.1) is 11.3 Å². The second-order valence-electron chi connectivity index (χ2n) is 12.3. The molecule has 0 atom stereocenters. The highest BCUT2D eigenvalue weighted by Crippen LogP contribution is 2.25. The Kier molecular flexibility index (Phi) is 9.43. The van der Waals surface area contributed by atoms with Gasteiger partial charge in [0.25, 0.3) is 0 Å². The van der Waals surface area contributed by atoms with Gasteiger partial charge >= 0.3 is 0 Å². The van der Waals surface area contributed by atoms with Crippen molar-refractivity contribution in [2.24, 2.45) is 5.92 Å². The summed E-state index contributed by atoms with van der Waals surface area (Å²) in [6, 6.07) is 14.3. The SMILES string of the molecule is Cc1ccc(-n2nc(C(C)(C)C)cc2CC(=O)Cc2ncc(CCc3ccnc(CC(=O)C4CCOCC4)c3)s2)cc1. The third-order valence-corrected chi connectivity index (χ3v) is 8.79. The maximum Gasteiger partial charge on any atom is 0.145 e. The van der Waals surface area contributed by atoms with Gasteiger partial charge in [-0.25, -0.2) is 9.67 Å². The van der Waals surface area contributed by atoms with Crippen molar-refractivity contribution >= 4 is 22.9 Å². The molecule has 0 aliphatic carbocycles. The van der Waals surface area contributed by atoms with E-state index in [1.54, 1.807) is 17.5 Å². The Morgan fingerprint density at radius 2 is 1.74 bits per heavy atom. The molecular weight excluding hydrogens is 544 g/mol. The van der Waals surface area contributed by atoms with Crippen molar-refractivity contribution in [1.82, 2.24) is 19.7 Å². The molecule has 7 nitrogen and oxygen atoms in total. The first-order chi connectivity index (χ1) is 20.1. The van der Waals surface area contributed by atoms with Crippen LogP contribution in [0.1, 0.15) is 71.7 Å². The summed E-state index contributed by atoms with van der Waals surface area (Å²) in [5.74, 6) is 0.472. The minimum Gasteiger partial charge on any atom is -0.381 e. The zero-order valence-corrected chi connectivity index (χ0v) is 25.9. The predicted molar refractivity (Wildman–Crippen MR) is 165 cm³/mol. The van der Waals surface area contributed by atoms with Crippen LogP contribution in [0.15, 0.2) is 54.9 Å². The van der Waals surface area contributed by atoms with Crippen LogP contribution in [0, 0.1) is 12.8 Å². The Labute approximate surface area is 252 Å². The van der Waals surface area contributed by atoms with Crippen molar-refractivity contribution in [2.75, 3.05) is 13.2 Å². The largest absolute Gasteiger partial charge is 0.381 e. The molecule has 1 saturated heterocycles. The molecule has 4 heterocycles. The number of aryl methyl sites for hydroxylation is 3. The third kappa shape index (κ3) is 7.86. The Morgan fingerprint density at radius 3 is 2.48 bits per heavy atom. The summed E-state index contributed by atoms with van der Waals surface area (Å²) in [6.45, 7) is 9.81. The lowest BCUT2D eigenvalue weighted by Crippen LogP contribution is -2.25. The number of pyridine rings is 1. The molecule has 0 spiro atoms. The van der Waals surface area contributed by atoms with E-state index in [1.807, 2.05) is 35.1 Å². The first kappa shape index (κ1) is 30.0. The number of hydrogen-bond donors (Lipinski definition) is 0. The highest BCUT2D eigenvalue weighted by molar-refractivity contribution is 7.11. The number of hydrogen-bond acceptors (Lipinski definition) is 7. The fraction of sp³-hybridized carbons (Fsp3) is 0.441. The van der Waals surface area contributed by atoms with Gasteiger partial charge in [0, 0.05) is 60.4 Å². The number of aromatic nitrogens is 4. The van der Waals surface area contributed by atoms with Crippen molar-refractivity contribution in [1.29, 1.82) is 0 Å². The molecule has 0 amide bonds. The number of carbonyl (C=O) groups is 2. The molecule has 1 aliphatic rings. The predicted octanol–water partition coefficient (Wildman–Crippen LogP) is 6.01. The third-order valence-electron chi connectivity index (χ3n) is 7.73. The van der Waals surface area contributed by atoms with Gasteiger partial charge in [-0.3, -0.25) is 14.6 Å². The standard InChI is InChI=1S/C34H40N4O3S/c1-23-5-8-27(9-6-23)38-28(20-32(37-38)34(2,3)4)19-29(39)21-33-36-22-30(42-33)10-7-24-11-14-35-26(17-24)18-31(40)25-12-15-41-16-13-25/h5-6,8-9,11,14,17,20,22,25H,7,10,12-13,15-16,18-19,21H2,1-4H3. The smallest absolute Gasteiger partial charge is 0.145 e. The summed E-state index contributed by atoms with van der Waals surface area (Å²) in [5, 5.41) is 5.71. The summed E-state index contributed by atoms with van der Waals surface area (Å²) in [5.41, 5.74) is 5.88. The number of rotatable bonds is 11. The number of ether oxygens (including phenoxy) is 1. The van der Waals surface area contributed by atoms with Crippen LogP contribution in [0.3, 0.4) is 0 Å². The average molecular weight is 585 g/mol. The topological polar surface area (TPSA) is 87.0 Å². The lowest BCUT2D eigenvalue weighted by atomic mass is 9.92. The van der Waals surface area contributed by atoms with E-state index >= 15 is 0 Å². The van der Waals surface area contributed by atoms with Gasteiger partial charge in [-0.1, -0.05) is 38.5 Å². The van der Waals surface area contributed by atoms with Crippen molar-refractivity contribution < 1.29 is 14.3 Å². The Bertz CT molecular complexity index is 1520. The molecule has 0 unspecified atom stereocenters. The Morgan fingerprint density at radius 1 is 0.976 bits per heavy atom. The van der Waals surface area contributed by atoms with Crippen LogP contribution in [0.5, 0.6) is 0 Å². The summed E-state index contributed by atoms with van der Waals surface area (Å²) in [6.07, 6.45) is 7.96. The molecular formula is C34H40N4O3S. The monoisotopic (exact) mass is 584 g/mol. The van der Waals surface area contributed by atoms with Crippen molar-refractivity contribution in [3.63, 3.8) is 0 Å². The van der Waals surface area contributed by atoms with Crippen LogP contribution >= 0.6 is 11.3 Å². The maximum atomic E-state index is 13.2. The minimum atomic E-state index is -0.117. The first-order valence-corrected chi connectivity index (χ1v) is 15.6. The van der Waals surface area contributed by atoms with E-state index < -0.39 is 0 Å². The zero-order valence-electron chi connectivity index (χ0n) is 25.1. The highest BCUT2D eigenvalue weighted by atomic mass is 32.1. The normalized spacial score (nSPS) is 14.3. The van der Waals surface area contributed by atoms with E-state index in [2.05, 4.69) is 55.9 Å².